The average molecular weight is 310 g/mol. The van der Waals surface area contributed by atoms with E-state index in [1.807, 2.05) is 24.3 Å². The first kappa shape index (κ1) is 16.3. The van der Waals surface area contributed by atoms with Gasteiger partial charge in [0.2, 0.25) is 0 Å². The van der Waals surface area contributed by atoms with E-state index < -0.39 is 5.97 Å². The summed E-state index contributed by atoms with van der Waals surface area (Å²) >= 11 is 0. The van der Waals surface area contributed by atoms with Gasteiger partial charge >= 0.3 is 12.0 Å². The Bertz CT molecular complexity index is 696. The first-order valence-electron chi connectivity index (χ1n) is 7.25. The molecule has 0 aliphatic carbocycles. The minimum atomic E-state index is -0.396. The number of ether oxygens (including phenoxy) is 1. The van der Waals surface area contributed by atoms with E-state index in [0.29, 0.717) is 18.0 Å². The van der Waals surface area contributed by atoms with Gasteiger partial charge in [0.15, 0.2) is 0 Å². The second kappa shape index (κ2) is 8.38. The number of carbonyl (C=O) groups excluding carboxylic acids is 2. The maximum atomic E-state index is 11.9. The fourth-order valence-electron chi connectivity index (χ4n) is 1.89. The zero-order chi connectivity index (χ0) is 16.5. The molecule has 5 heteroatoms. The summed E-state index contributed by atoms with van der Waals surface area (Å²) in [5.74, 6) is -0.396. The lowest BCUT2D eigenvalue weighted by molar-refractivity contribution is -0.137. The lowest BCUT2D eigenvalue weighted by Gasteiger charge is -2.08. The third-order valence-corrected chi connectivity index (χ3v) is 2.87. The average Bonchev–Trinajstić information content (AvgIpc) is 2.54. The molecule has 0 radical (unpaired) electrons. The molecule has 0 spiro atoms. The van der Waals surface area contributed by atoms with Crippen LogP contribution in [-0.4, -0.2) is 18.6 Å². The number of hydrogen-bond acceptors (Lipinski definition) is 3. The largest absolute Gasteiger partial charge is 0.463 e. The maximum Gasteiger partial charge on any atom is 0.330 e. The summed E-state index contributed by atoms with van der Waals surface area (Å²) in [6.45, 7) is 2.09. The molecule has 118 valence electrons. The summed E-state index contributed by atoms with van der Waals surface area (Å²) in [5.41, 5.74) is 2.13. The summed E-state index contributed by atoms with van der Waals surface area (Å²) in [6.07, 6.45) is 2.99. The molecule has 2 aromatic carbocycles. The summed E-state index contributed by atoms with van der Waals surface area (Å²) in [5, 5.41) is 5.48. The fraction of sp³-hybridized carbons (Fsp3) is 0.111. The van der Waals surface area contributed by atoms with E-state index in [9.17, 15) is 9.59 Å². The van der Waals surface area contributed by atoms with Crippen molar-refractivity contribution in [1.82, 2.24) is 0 Å². The SMILES string of the molecule is CCOC(=O)/C=C/c1cccc(NC(=O)Nc2ccccc2)c1. The molecular weight excluding hydrogens is 292 g/mol. The quantitative estimate of drug-likeness (QED) is 0.650. The van der Waals surface area contributed by atoms with Crippen LogP contribution in [-0.2, 0) is 9.53 Å². The Morgan fingerprint density at radius 2 is 1.70 bits per heavy atom. The van der Waals surface area contributed by atoms with Crippen molar-refractivity contribution in [3.63, 3.8) is 0 Å². The number of amides is 2. The Morgan fingerprint density at radius 3 is 2.43 bits per heavy atom. The molecule has 0 aliphatic heterocycles. The predicted molar refractivity (Wildman–Crippen MR) is 91.2 cm³/mol. The standard InChI is InChI=1S/C18H18N2O3/c1-2-23-17(21)12-11-14-7-6-10-16(13-14)20-18(22)19-15-8-4-3-5-9-15/h3-13H,2H2,1H3,(H2,19,20,22)/b12-11+. The van der Waals surface area contributed by atoms with Crippen molar-refractivity contribution in [3.8, 4) is 0 Å². The highest BCUT2D eigenvalue weighted by molar-refractivity contribution is 6.00. The minimum absolute atomic E-state index is 0.331. The smallest absolute Gasteiger partial charge is 0.330 e. The Balaban J connectivity index is 1.97. The molecule has 2 aromatic rings. The van der Waals surface area contributed by atoms with Gasteiger partial charge in [-0.2, -0.15) is 0 Å². The first-order valence-corrected chi connectivity index (χ1v) is 7.25. The monoisotopic (exact) mass is 310 g/mol. The van der Waals surface area contributed by atoms with E-state index in [2.05, 4.69) is 10.6 Å². The second-order valence-electron chi connectivity index (χ2n) is 4.66. The van der Waals surface area contributed by atoms with Gasteiger partial charge in [-0.3, -0.25) is 0 Å². The van der Waals surface area contributed by atoms with Gasteiger partial charge in [-0.15, -0.1) is 0 Å². The molecule has 2 rings (SSSR count). The number of nitrogens with one attached hydrogen (secondary N) is 2. The number of anilines is 2. The molecule has 0 unspecified atom stereocenters. The van der Waals surface area contributed by atoms with E-state index in [0.717, 1.165) is 5.56 Å². The first-order chi connectivity index (χ1) is 11.2. The van der Waals surface area contributed by atoms with Crippen molar-refractivity contribution in [2.24, 2.45) is 0 Å². The molecule has 0 aliphatic rings. The maximum absolute atomic E-state index is 11.9. The number of hydrogen-bond donors (Lipinski definition) is 2. The van der Waals surface area contributed by atoms with Crippen molar-refractivity contribution in [2.75, 3.05) is 17.2 Å². The predicted octanol–water partition coefficient (Wildman–Crippen LogP) is 3.91. The van der Waals surface area contributed by atoms with Crippen molar-refractivity contribution < 1.29 is 14.3 Å². The van der Waals surface area contributed by atoms with E-state index in [1.54, 1.807) is 43.3 Å². The van der Waals surface area contributed by atoms with Gasteiger partial charge in [0.25, 0.3) is 0 Å². The Labute approximate surface area is 135 Å². The van der Waals surface area contributed by atoms with Gasteiger partial charge in [-0.05, 0) is 42.8 Å². The fourth-order valence-corrected chi connectivity index (χ4v) is 1.89. The number of carbonyl (C=O) groups is 2. The zero-order valence-electron chi connectivity index (χ0n) is 12.8. The second-order valence-corrected chi connectivity index (χ2v) is 4.66. The zero-order valence-corrected chi connectivity index (χ0v) is 12.8. The van der Waals surface area contributed by atoms with Crippen LogP contribution in [0.15, 0.2) is 60.7 Å². The van der Waals surface area contributed by atoms with E-state index in [4.69, 9.17) is 4.74 Å². The van der Waals surface area contributed by atoms with E-state index >= 15 is 0 Å². The molecule has 0 fully saturated rings. The normalized spacial score (nSPS) is 10.3. The van der Waals surface area contributed by atoms with Crippen LogP contribution in [0.5, 0.6) is 0 Å². The van der Waals surface area contributed by atoms with Crippen LogP contribution in [0.1, 0.15) is 12.5 Å². The van der Waals surface area contributed by atoms with Gasteiger partial charge in [0.1, 0.15) is 0 Å². The number of para-hydroxylation sites is 1. The van der Waals surface area contributed by atoms with Gasteiger partial charge in [-0.1, -0.05) is 30.3 Å². The molecule has 2 amide bonds. The topological polar surface area (TPSA) is 67.4 Å². The van der Waals surface area contributed by atoms with E-state index in [-0.39, 0.29) is 6.03 Å². The Hall–Kier alpha value is -3.08. The molecule has 0 saturated heterocycles. The molecule has 0 heterocycles. The number of benzene rings is 2. The lowest BCUT2D eigenvalue weighted by Crippen LogP contribution is -2.19. The molecule has 0 aromatic heterocycles. The van der Waals surface area contributed by atoms with Crippen molar-refractivity contribution in [1.29, 1.82) is 0 Å². The van der Waals surface area contributed by atoms with Gasteiger partial charge in [0.05, 0.1) is 6.61 Å². The summed E-state index contributed by atoms with van der Waals surface area (Å²) in [7, 11) is 0. The number of rotatable bonds is 5. The molecule has 2 N–H and O–H groups in total. The highest BCUT2D eigenvalue weighted by Gasteiger charge is 2.02. The third-order valence-electron chi connectivity index (χ3n) is 2.87. The van der Waals surface area contributed by atoms with Gasteiger partial charge < -0.3 is 15.4 Å². The van der Waals surface area contributed by atoms with Crippen molar-refractivity contribution >= 4 is 29.5 Å². The minimum Gasteiger partial charge on any atom is -0.463 e. The summed E-state index contributed by atoms with van der Waals surface area (Å²) < 4.78 is 4.82. The number of urea groups is 1. The Kier molecular flexibility index (Phi) is 5.94. The molecule has 0 bridgehead atoms. The number of esters is 1. The van der Waals surface area contributed by atoms with E-state index in [1.165, 1.54) is 6.08 Å². The van der Waals surface area contributed by atoms with Crippen molar-refractivity contribution in [3.05, 3.63) is 66.2 Å². The van der Waals surface area contributed by atoms with Gasteiger partial charge in [-0.25, -0.2) is 9.59 Å². The summed E-state index contributed by atoms with van der Waals surface area (Å²) in [6, 6.07) is 16.0. The third kappa shape index (κ3) is 5.67. The lowest BCUT2D eigenvalue weighted by atomic mass is 10.2. The van der Waals surface area contributed by atoms with Crippen LogP contribution in [0, 0.1) is 0 Å². The van der Waals surface area contributed by atoms with Crippen LogP contribution >= 0.6 is 0 Å². The molecule has 0 saturated carbocycles. The molecule has 5 nitrogen and oxygen atoms in total. The Morgan fingerprint density at radius 1 is 1.00 bits per heavy atom. The van der Waals surface area contributed by atoms with Crippen LogP contribution in [0.2, 0.25) is 0 Å². The summed E-state index contributed by atoms with van der Waals surface area (Å²) in [4.78, 5) is 23.2. The van der Waals surface area contributed by atoms with Gasteiger partial charge in [0, 0.05) is 17.5 Å². The molecule has 23 heavy (non-hydrogen) atoms. The molecular formula is C18H18N2O3. The van der Waals surface area contributed by atoms with Crippen LogP contribution < -0.4 is 10.6 Å². The van der Waals surface area contributed by atoms with Crippen LogP contribution in [0.25, 0.3) is 6.08 Å². The highest BCUT2D eigenvalue weighted by Crippen LogP contribution is 2.13. The highest BCUT2D eigenvalue weighted by atomic mass is 16.5. The van der Waals surface area contributed by atoms with Crippen LogP contribution in [0.4, 0.5) is 16.2 Å². The van der Waals surface area contributed by atoms with Crippen LogP contribution in [0.3, 0.4) is 0 Å². The van der Waals surface area contributed by atoms with Crippen molar-refractivity contribution in [2.45, 2.75) is 6.92 Å². The molecule has 0 atom stereocenters.